The Morgan fingerprint density at radius 1 is 1.22 bits per heavy atom. The third-order valence-electron chi connectivity index (χ3n) is 3.04. The van der Waals surface area contributed by atoms with Gasteiger partial charge in [0.25, 0.3) is 5.91 Å². The van der Waals surface area contributed by atoms with Crippen molar-refractivity contribution in [3.63, 3.8) is 0 Å². The van der Waals surface area contributed by atoms with Gasteiger partial charge in [-0.15, -0.1) is 0 Å². The van der Waals surface area contributed by atoms with Crippen LogP contribution < -0.4 is 11.1 Å². The van der Waals surface area contributed by atoms with Gasteiger partial charge in [0, 0.05) is 11.3 Å². The quantitative estimate of drug-likeness (QED) is 0.790. The summed E-state index contributed by atoms with van der Waals surface area (Å²) in [6, 6.07) is 7.95. The van der Waals surface area contributed by atoms with Crippen molar-refractivity contribution in [2.75, 3.05) is 5.32 Å². The number of primary amides is 1. The molecule has 120 valence electrons. The van der Waals surface area contributed by atoms with Crippen molar-refractivity contribution >= 4 is 34.8 Å². The molecular weight excluding hydrogens is 316 g/mol. The molecule has 0 bridgehead atoms. The van der Waals surface area contributed by atoms with E-state index in [9.17, 15) is 14.4 Å². The standard InChI is InChI=1S/C16H16N2O4S/c1-10(22-14(19)8-11-6-7-23-9-11)16(21)18-13-4-2-12(3-5-13)15(17)20/h2-7,9-10H,8H2,1H3,(H2,17,20)(H,18,21)/t10-/m1/s1. The number of hydrogen-bond donors (Lipinski definition) is 2. The first kappa shape index (κ1) is 16.7. The Hall–Kier alpha value is -2.67. The van der Waals surface area contributed by atoms with Crippen LogP contribution in [0.25, 0.3) is 0 Å². The van der Waals surface area contributed by atoms with E-state index in [1.807, 2.05) is 16.8 Å². The fourth-order valence-corrected chi connectivity index (χ4v) is 2.48. The van der Waals surface area contributed by atoms with Gasteiger partial charge in [0.05, 0.1) is 6.42 Å². The van der Waals surface area contributed by atoms with Crippen LogP contribution in [0.1, 0.15) is 22.8 Å². The minimum Gasteiger partial charge on any atom is -0.452 e. The Labute approximate surface area is 137 Å². The Kier molecular flexibility index (Phi) is 5.48. The number of esters is 1. The minimum atomic E-state index is -0.919. The molecule has 23 heavy (non-hydrogen) atoms. The molecule has 0 aliphatic carbocycles. The zero-order valence-corrected chi connectivity index (χ0v) is 13.3. The van der Waals surface area contributed by atoms with Crippen molar-refractivity contribution in [1.82, 2.24) is 0 Å². The SMILES string of the molecule is C[C@@H](OC(=O)Cc1ccsc1)C(=O)Nc1ccc(C(N)=O)cc1. The second-order valence-electron chi connectivity index (χ2n) is 4.87. The van der Waals surface area contributed by atoms with Crippen LogP contribution in [0.15, 0.2) is 41.1 Å². The highest BCUT2D eigenvalue weighted by molar-refractivity contribution is 7.07. The minimum absolute atomic E-state index is 0.133. The predicted octanol–water partition coefficient (Wildman–Crippen LogP) is 1.96. The summed E-state index contributed by atoms with van der Waals surface area (Å²) in [5.41, 5.74) is 6.83. The molecule has 0 saturated carbocycles. The van der Waals surface area contributed by atoms with Crippen LogP contribution in [0.3, 0.4) is 0 Å². The Morgan fingerprint density at radius 2 is 1.91 bits per heavy atom. The van der Waals surface area contributed by atoms with Gasteiger partial charge in [-0.2, -0.15) is 11.3 Å². The van der Waals surface area contributed by atoms with E-state index in [1.165, 1.54) is 30.4 Å². The average molecular weight is 332 g/mol. The number of nitrogens with one attached hydrogen (secondary N) is 1. The summed E-state index contributed by atoms with van der Waals surface area (Å²) in [5, 5.41) is 6.33. The maximum Gasteiger partial charge on any atom is 0.311 e. The molecule has 7 heteroatoms. The van der Waals surface area contributed by atoms with Gasteiger partial charge in [0.2, 0.25) is 5.91 Å². The van der Waals surface area contributed by atoms with Gasteiger partial charge in [-0.1, -0.05) is 0 Å². The maximum absolute atomic E-state index is 12.0. The van der Waals surface area contributed by atoms with Crippen LogP contribution in [0.4, 0.5) is 5.69 Å². The largest absolute Gasteiger partial charge is 0.452 e. The van der Waals surface area contributed by atoms with Crippen molar-refractivity contribution in [3.8, 4) is 0 Å². The van der Waals surface area contributed by atoms with E-state index in [1.54, 1.807) is 12.1 Å². The second-order valence-corrected chi connectivity index (χ2v) is 5.65. The van der Waals surface area contributed by atoms with Crippen molar-refractivity contribution in [2.24, 2.45) is 5.73 Å². The highest BCUT2D eigenvalue weighted by atomic mass is 32.1. The molecule has 2 rings (SSSR count). The van der Waals surface area contributed by atoms with Gasteiger partial charge in [-0.3, -0.25) is 14.4 Å². The van der Waals surface area contributed by atoms with Gasteiger partial charge in [0.15, 0.2) is 6.10 Å². The fourth-order valence-electron chi connectivity index (χ4n) is 1.81. The summed E-state index contributed by atoms with van der Waals surface area (Å²) in [7, 11) is 0. The molecule has 2 aromatic rings. The van der Waals surface area contributed by atoms with Crippen molar-refractivity contribution < 1.29 is 19.1 Å². The number of amides is 2. The number of thiophene rings is 1. The Balaban J connectivity index is 1.86. The Bertz CT molecular complexity index is 695. The van der Waals surface area contributed by atoms with Crippen LogP contribution in [0.5, 0.6) is 0 Å². The molecule has 0 fully saturated rings. The first-order valence-corrected chi connectivity index (χ1v) is 7.81. The summed E-state index contributed by atoms with van der Waals surface area (Å²) >= 11 is 1.49. The highest BCUT2D eigenvalue weighted by Gasteiger charge is 2.18. The molecule has 2 amide bonds. The van der Waals surface area contributed by atoms with E-state index in [0.29, 0.717) is 11.3 Å². The molecule has 1 atom stereocenters. The maximum atomic E-state index is 12.0. The summed E-state index contributed by atoms with van der Waals surface area (Å²) in [4.78, 5) is 34.7. The summed E-state index contributed by atoms with van der Waals surface area (Å²) in [6.45, 7) is 1.50. The van der Waals surface area contributed by atoms with Crippen molar-refractivity contribution in [3.05, 3.63) is 52.2 Å². The van der Waals surface area contributed by atoms with Gasteiger partial charge >= 0.3 is 5.97 Å². The molecular formula is C16H16N2O4S. The molecule has 0 aliphatic heterocycles. The molecule has 0 unspecified atom stereocenters. The van der Waals surface area contributed by atoms with E-state index in [-0.39, 0.29) is 6.42 Å². The number of nitrogens with two attached hydrogens (primary N) is 1. The molecule has 0 saturated heterocycles. The van der Waals surface area contributed by atoms with Gasteiger partial charge in [-0.05, 0) is 53.6 Å². The van der Waals surface area contributed by atoms with E-state index < -0.39 is 23.9 Å². The Morgan fingerprint density at radius 3 is 2.48 bits per heavy atom. The lowest BCUT2D eigenvalue weighted by atomic mass is 10.2. The number of hydrogen-bond acceptors (Lipinski definition) is 5. The second kappa shape index (κ2) is 7.55. The highest BCUT2D eigenvalue weighted by Crippen LogP contribution is 2.11. The molecule has 1 aromatic carbocycles. The smallest absolute Gasteiger partial charge is 0.311 e. The molecule has 0 radical (unpaired) electrons. The molecule has 1 heterocycles. The van der Waals surface area contributed by atoms with Crippen LogP contribution in [-0.2, 0) is 20.7 Å². The average Bonchev–Trinajstić information content (AvgIpc) is 3.00. The van der Waals surface area contributed by atoms with E-state index in [4.69, 9.17) is 10.5 Å². The molecule has 1 aromatic heterocycles. The van der Waals surface area contributed by atoms with Gasteiger partial charge < -0.3 is 15.8 Å². The van der Waals surface area contributed by atoms with Gasteiger partial charge in [-0.25, -0.2) is 0 Å². The molecule has 3 N–H and O–H groups in total. The van der Waals surface area contributed by atoms with Crippen LogP contribution in [0.2, 0.25) is 0 Å². The summed E-state index contributed by atoms with van der Waals surface area (Å²) < 4.78 is 5.10. The third-order valence-corrected chi connectivity index (χ3v) is 3.78. The zero-order valence-electron chi connectivity index (χ0n) is 12.4. The van der Waals surface area contributed by atoms with Gasteiger partial charge in [0.1, 0.15) is 0 Å². The zero-order chi connectivity index (χ0) is 16.8. The number of carbonyl (C=O) groups excluding carboxylic acids is 3. The van der Waals surface area contributed by atoms with Crippen LogP contribution in [0, 0.1) is 0 Å². The monoisotopic (exact) mass is 332 g/mol. The molecule has 6 nitrogen and oxygen atoms in total. The lowest BCUT2D eigenvalue weighted by Gasteiger charge is -2.13. The number of benzene rings is 1. The van der Waals surface area contributed by atoms with E-state index in [0.717, 1.165) is 5.56 Å². The predicted molar refractivity (Wildman–Crippen MR) is 87.2 cm³/mol. The first-order valence-electron chi connectivity index (χ1n) is 6.87. The lowest BCUT2D eigenvalue weighted by Crippen LogP contribution is -2.30. The fraction of sp³-hybridized carbons (Fsp3) is 0.188. The normalized spacial score (nSPS) is 11.5. The van der Waals surface area contributed by atoms with Crippen LogP contribution in [-0.4, -0.2) is 23.9 Å². The number of carbonyl (C=O) groups is 3. The molecule has 0 spiro atoms. The van der Waals surface area contributed by atoms with Crippen LogP contribution >= 0.6 is 11.3 Å². The number of anilines is 1. The van der Waals surface area contributed by atoms with E-state index in [2.05, 4.69) is 5.32 Å². The third kappa shape index (κ3) is 4.93. The summed E-state index contributed by atoms with van der Waals surface area (Å²) in [5.74, 6) is -1.45. The van der Waals surface area contributed by atoms with Crippen molar-refractivity contribution in [2.45, 2.75) is 19.4 Å². The number of ether oxygens (including phenoxy) is 1. The van der Waals surface area contributed by atoms with Crippen molar-refractivity contribution in [1.29, 1.82) is 0 Å². The molecule has 0 aliphatic rings. The number of rotatable bonds is 6. The first-order chi connectivity index (χ1) is 11.0. The lowest BCUT2D eigenvalue weighted by molar-refractivity contribution is -0.152. The summed E-state index contributed by atoms with van der Waals surface area (Å²) in [6.07, 6.45) is -0.786. The topological polar surface area (TPSA) is 98.5 Å². The van der Waals surface area contributed by atoms with E-state index >= 15 is 0 Å².